The first-order chi connectivity index (χ1) is 15.1. The van der Waals surface area contributed by atoms with E-state index in [0.717, 1.165) is 35.9 Å². The Labute approximate surface area is 181 Å². The monoisotopic (exact) mass is 439 g/mol. The van der Waals surface area contributed by atoms with Crippen molar-refractivity contribution in [3.8, 4) is 5.75 Å². The number of thioether (sulfide) groups is 1. The molecule has 0 saturated heterocycles. The van der Waals surface area contributed by atoms with Gasteiger partial charge in [0.05, 0.1) is 18.6 Å². The third-order valence-electron chi connectivity index (χ3n) is 4.02. The second-order valence-corrected chi connectivity index (χ2v) is 7.36. The van der Waals surface area contributed by atoms with Gasteiger partial charge in [0.15, 0.2) is 5.03 Å². The molecule has 0 fully saturated rings. The summed E-state index contributed by atoms with van der Waals surface area (Å²) in [5.74, 6) is 0.283. The Bertz CT molecular complexity index is 1130. The second kappa shape index (κ2) is 11.5. The van der Waals surface area contributed by atoms with Crippen molar-refractivity contribution in [1.82, 2.24) is 20.6 Å². The van der Waals surface area contributed by atoms with Crippen molar-refractivity contribution in [1.29, 1.82) is 0 Å². The minimum Gasteiger partial charge on any atom is -0.494 e. The van der Waals surface area contributed by atoms with Crippen molar-refractivity contribution in [3.05, 3.63) is 86.6 Å². The average molecular weight is 439 g/mol. The quantitative estimate of drug-likeness (QED) is 0.191. The summed E-state index contributed by atoms with van der Waals surface area (Å²) in [7, 11) is 0. The first-order valence-corrected chi connectivity index (χ1v) is 10.5. The van der Waals surface area contributed by atoms with Crippen LogP contribution in [0.3, 0.4) is 0 Å². The molecule has 1 aromatic heterocycles. The molecule has 9 nitrogen and oxygen atoms in total. The van der Waals surface area contributed by atoms with Crippen LogP contribution in [0.25, 0.3) is 0 Å². The predicted octanol–water partition coefficient (Wildman–Crippen LogP) is 1.71. The molecule has 1 amide bonds. The van der Waals surface area contributed by atoms with Crippen molar-refractivity contribution in [2.75, 3.05) is 12.4 Å². The van der Waals surface area contributed by atoms with Gasteiger partial charge >= 0.3 is 5.69 Å². The molecule has 0 spiro atoms. The maximum absolute atomic E-state index is 11.8. The first-order valence-electron chi connectivity index (χ1n) is 9.50. The summed E-state index contributed by atoms with van der Waals surface area (Å²) in [6.07, 6.45) is 3.40. The number of rotatable bonds is 10. The summed E-state index contributed by atoms with van der Waals surface area (Å²) < 4.78 is 5.74. The lowest BCUT2D eigenvalue weighted by molar-refractivity contribution is -0.118. The van der Waals surface area contributed by atoms with Crippen LogP contribution >= 0.6 is 11.8 Å². The maximum atomic E-state index is 11.8. The fraction of sp³-hybridized carbons (Fsp3) is 0.190. The largest absolute Gasteiger partial charge is 0.494 e. The summed E-state index contributed by atoms with van der Waals surface area (Å²) >= 11 is 0.892. The van der Waals surface area contributed by atoms with E-state index in [2.05, 4.69) is 32.9 Å². The Morgan fingerprint density at radius 2 is 1.90 bits per heavy atom. The number of hydrogen-bond acceptors (Lipinski definition) is 7. The summed E-state index contributed by atoms with van der Waals surface area (Å²) in [4.78, 5) is 36.2. The number of carbonyl (C=O) groups is 1. The lowest BCUT2D eigenvalue weighted by atomic mass is 10.1. The molecule has 0 saturated carbocycles. The molecule has 0 aliphatic carbocycles. The normalized spacial score (nSPS) is 10.8. The van der Waals surface area contributed by atoms with Gasteiger partial charge in [0.1, 0.15) is 5.75 Å². The molecule has 2 aromatic carbocycles. The van der Waals surface area contributed by atoms with E-state index in [1.54, 1.807) is 0 Å². The molecule has 10 heteroatoms. The SMILES string of the molecule is O=C(CSc1n[nH]c(=O)[nH]c1=O)N/N=C/c1ccc(OCCCc2ccccc2)cc1. The van der Waals surface area contributed by atoms with Crippen molar-refractivity contribution in [2.24, 2.45) is 5.10 Å². The van der Waals surface area contributed by atoms with E-state index in [-0.39, 0.29) is 10.8 Å². The van der Waals surface area contributed by atoms with Crippen LogP contribution in [-0.4, -0.2) is 39.7 Å². The molecule has 3 rings (SSSR count). The van der Waals surface area contributed by atoms with E-state index in [1.807, 2.05) is 47.4 Å². The average Bonchev–Trinajstić information content (AvgIpc) is 2.78. The summed E-state index contributed by atoms with van der Waals surface area (Å²) in [6.45, 7) is 0.628. The molecule has 0 unspecified atom stereocenters. The minimum atomic E-state index is -0.702. The Kier molecular flexibility index (Phi) is 8.18. The van der Waals surface area contributed by atoms with Crippen molar-refractivity contribution >= 4 is 23.9 Å². The topological polar surface area (TPSA) is 129 Å². The Morgan fingerprint density at radius 3 is 2.65 bits per heavy atom. The number of H-pyrrole nitrogens is 2. The van der Waals surface area contributed by atoms with Crippen LogP contribution < -0.4 is 21.4 Å². The van der Waals surface area contributed by atoms with Gasteiger partial charge in [-0.15, -0.1) is 0 Å². The van der Waals surface area contributed by atoms with Crippen LogP contribution in [0.15, 0.2) is 74.3 Å². The van der Waals surface area contributed by atoms with E-state index in [1.165, 1.54) is 11.8 Å². The highest BCUT2D eigenvalue weighted by molar-refractivity contribution is 7.99. The summed E-state index contributed by atoms with van der Waals surface area (Å²) in [5, 5.41) is 9.57. The standard InChI is InChI=1S/C21H21N5O4S/c27-18(14-31-20-19(28)23-21(29)26-25-20)24-22-13-16-8-10-17(11-9-16)30-12-4-7-15-5-2-1-3-6-15/h1-3,5-6,8-11,13H,4,7,12,14H2,(H,24,27)(H2,23,26,28,29)/b22-13+. The van der Waals surface area contributed by atoms with E-state index >= 15 is 0 Å². The van der Waals surface area contributed by atoms with Gasteiger partial charge in [-0.1, -0.05) is 42.1 Å². The number of ether oxygens (including phenoxy) is 1. The number of hydrogen-bond donors (Lipinski definition) is 3. The third kappa shape index (κ3) is 7.59. The highest BCUT2D eigenvalue weighted by Crippen LogP contribution is 2.12. The Morgan fingerprint density at radius 1 is 1.13 bits per heavy atom. The molecule has 1 heterocycles. The van der Waals surface area contributed by atoms with Gasteiger partial charge in [0.2, 0.25) is 5.91 Å². The first kappa shape index (κ1) is 22.0. The number of nitrogens with one attached hydrogen (secondary N) is 3. The van der Waals surface area contributed by atoms with E-state index in [0.29, 0.717) is 6.61 Å². The highest BCUT2D eigenvalue weighted by atomic mass is 32.2. The molecule has 0 aliphatic heterocycles. The molecule has 3 N–H and O–H groups in total. The van der Waals surface area contributed by atoms with Gasteiger partial charge in [-0.05, 0) is 48.2 Å². The van der Waals surface area contributed by atoms with Crippen LogP contribution in [0.4, 0.5) is 0 Å². The lowest BCUT2D eigenvalue weighted by Crippen LogP contribution is -2.26. The number of aryl methyl sites for hydroxylation is 1. The smallest absolute Gasteiger partial charge is 0.342 e. The summed E-state index contributed by atoms with van der Waals surface area (Å²) in [6, 6.07) is 17.6. The molecule has 0 aliphatic rings. The zero-order chi connectivity index (χ0) is 21.9. The van der Waals surface area contributed by atoms with Crippen LogP contribution in [-0.2, 0) is 11.2 Å². The molecular formula is C21H21N5O4S. The Balaban J connectivity index is 1.37. The van der Waals surface area contributed by atoms with E-state index in [4.69, 9.17) is 4.74 Å². The van der Waals surface area contributed by atoms with Crippen LogP contribution in [0.1, 0.15) is 17.5 Å². The van der Waals surface area contributed by atoms with Gasteiger partial charge in [-0.3, -0.25) is 14.6 Å². The lowest BCUT2D eigenvalue weighted by Gasteiger charge is -2.06. The van der Waals surface area contributed by atoms with Crippen molar-refractivity contribution < 1.29 is 9.53 Å². The Hall–Kier alpha value is -3.66. The zero-order valence-corrected chi connectivity index (χ0v) is 17.4. The van der Waals surface area contributed by atoms with Crippen LogP contribution in [0.5, 0.6) is 5.75 Å². The van der Waals surface area contributed by atoms with Crippen molar-refractivity contribution in [3.63, 3.8) is 0 Å². The molecule has 3 aromatic rings. The molecule has 31 heavy (non-hydrogen) atoms. The minimum absolute atomic E-state index is 0.00177. The number of aromatic nitrogens is 3. The summed E-state index contributed by atoms with van der Waals surface area (Å²) in [5.41, 5.74) is 3.11. The number of hydrazone groups is 1. The molecule has 0 bridgehead atoms. The fourth-order valence-corrected chi connectivity index (χ4v) is 3.17. The fourth-order valence-electron chi connectivity index (χ4n) is 2.54. The highest BCUT2D eigenvalue weighted by Gasteiger charge is 2.07. The van der Waals surface area contributed by atoms with Gasteiger partial charge < -0.3 is 4.74 Å². The maximum Gasteiger partial charge on any atom is 0.342 e. The number of nitrogens with zero attached hydrogens (tertiary/aromatic N) is 2. The molecule has 0 radical (unpaired) electrons. The van der Waals surface area contributed by atoms with Gasteiger partial charge in [-0.25, -0.2) is 15.3 Å². The predicted molar refractivity (Wildman–Crippen MR) is 119 cm³/mol. The van der Waals surface area contributed by atoms with Crippen LogP contribution in [0, 0.1) is 0 Å². The van der Waals surface area contributed by atoms with E-state index in [9.17, 15) is 14.4 Å². The van der Waals surface area contributed by atoms with Gasteiger partial charge in [-0.2, -0.15) is 10.2 Å². The number of aromatic amines is 2. The van der Waals surface area contributed by atoms with Crippen molar-refractivity contribution in [2.45, 2.75) is 17.9 Å². The number of benzene rings is 2. The number of carbonyl (C=O) groups excluding carboxylic acids is 1. The molecule has 0 atom stereocenters. The van der Waals surface area contributed by atoms with Gasteiger partial charge in [0, 0.05) is 0 Å². The van der Waals surface area contributed by atoms with Gasteiger partial charge in [0.25, 0.3) is 5.56 Å². The van der Waals surface area contributed by atoms with E-state index < -0.39 is 17.2 Å². The number of amides is 1. The third-order valence-corrected chi connectivity index (χ3v) is 4.98. The zero-order valence-electron chi connectivity index (χ0n) is 16.5. The molecular weight excluding hydrogens is 418 g/mol. The molecule has 160 valence electrons. The second-order valence-electron chi connectivity index (χ2n) is 6.40. The van der Waals surface area contributed by atoms with Crippen LogP contribution in [0.2, 0.25) is 0 Å².